The third-order valence-corrected chi connectivity index (χ3v) is 1.96. The van der Waals surface area contributed by atoms with E-state index >= 15 is 0 Å². The molecule has 1 aromatic carbocycles. The molecule has 0 bridgehead atoms. The molecule has 0 saturated carbocycles. The second kappa shape index (κ2) is 4.51. The number of ether oxygens (including phenoxy) is 1. The highest BCUT2D eigenvalue weighted by Crippen LogP contribution is 2.20. The van der Waals surface area contributed by atoms with Crippen molar-refractivity contribution in [2.45, 2.75) is 12.3 Å². The highest BCUT2D eigenvalue weighted by atomic mass is 16.5. The van der Waals surface area contributed by atoms with Crippen LogP contribution in [0.5, 0.6) is 5.75 Å². The Labute approximate surface area is 78.8 Å². The molecule has 0 saturated heterocycles. The predicted octanol–water partition coefficient (Wildman–Crippen LogP) is 2.53. The SMILES string of the molecule is [CH2]CC(C#N)c1ccc(OC)cc1. The molecule has 1 atom stereocenters. The summed E-state index contributed by atoms with van der Waals surface area (Å²) in [6.45, 7) is 3.72. The molecule has 0 amide bonds. The van der Waals surface area contributed by atoms with E-state index in [9.17, 15) is 0 Å². The standard InChI is InChI=1S/C11H12NO/c1-3-9(8-12)10-4-6-11(13-2)7-5-10/h4-7,9H,1,3H2,2H3. The second-order valence-electron chi connectivity index (χ2n) is 2.74. The van der Waals surface area contributed by atoms with E-state index in [2.05, 4.69) is 13.0 Å². The number of benzene rings is 1. The summed E-state index contributed by atoms with van der Waals surface area (Å²) in [6, 6.07) is 9.72. The van der Waals surface area contributed by atoms with Gasteiger partial charge in [-0.25, -0.2) is 0 Å². The molecule has 67 valence electrons. The van der Waals surface area contributed by atoms with Crippen LogP contribution < -0.4 is 4.74 Å². The van der Waals surface area contributed by atoms with Crippen molar-refractivity contribution in [3.63, 3.8) is 0 Å². The van der Waals surface area contributed by atoms with E-state index in [4.69, 9.17) is 10.00 Å². The first kappa shape index (κ1) is 9.60. The van der Waals surface area contributed by atoms with Crippen LogP contribution in [0, 0.1) is 18.3 Å². The van der Waals surface area contributed by atoms with Crippen LogP contribution in [0.15, 0.2) is 24.3 Å². The zero-order valence-electron chi connectivity index (χ0n) is 7.66. The number of nitrogens with zero attached hydrogens (tertiary/aromatic N) is 1. The van der Waals surface area contributed by atoms with Crippen LogP contribution in [0.3, 0.4) is 0 Å². The maximum atomic E-state index is 8.78. The lowest BCUT2D eigenvalue weighted by molar-refractivity contribution is 0.414. The maximum absolute atomic E-state index is 8.78. The zero-order chi connectivity index (χ0) is 9.68. The van der Waals surface area contributed by atoms with Gasteiger partial charge in [0, 0.05) is 0 Å². The highest BCUT2D eigenvalue weighted by Gasteiger charge is 2.06. The number of hydrogen-bond donors (Lipinski definition) is 0. The summed E-state index contributed by atoms with van der Waals surface area (Å²) in [5.74, 6) is 0.704. The molecule has 0 spiro atoms. The Hall–Kier alpha value is -1.49. The van der Waals surface area contributed by atoms with E-state index in [0.717, 1.165) is 11.3 Å². The molecule has 2 nitrogen and oxygen atoms in total. The van der Waals surface area contributed by atoms with Crippen LogP contribution in [0.4, 0.5) is 0 Å². The third-order valence-electron chi connectivity index (χ3n) is 1.96. The maximum Gasteiger partial charge on any atom is 0.118 e. The van der Waals surface area contributed by atoms with Crippen molar-refractivity contribution < 1.29 is 4.74 Å². The number of nitriles is 1. The molecule has 1 rings (SSSR count). The molecule has 0 aliphatic carbocycles. The van der Waals surface area contributed by atoms with Crippen molar-refractivity contribution in [3.8, 4) is 11.8 Å². The normalized spacial score (nSPS) is 11.8. The van der Waals surface area contributed by atoms with Crippen LogP contribution in [0.1, 0.15) is 17.9 Å². The number of methoxy groups -OCH3 is 1. The molecule has 0 N–H and O–H groups in total. The molecule has 13 heavy (non-hydrogen) atoms. The first-order valence-electron chi connectivity index (χ1n) is 4.14. The summed E-state index contributed by atoms with van der Waals surface area (Å²) >= 11 is 0. The highest BCUT2D eigenvalue weighted by molar-refractivity contribution is 5.31. The van der Waals surface area contributed by atoms with Gasteiger partial charge in [0.05, 0.1) is 19.1 Å². The minimum Gasteiger partial charge on any atom is -0.497 e. The molecule has 0 heterocycles. The summed E-state index contributed by atoms with van der Waals surface area (Å²) in [5, 5.41) is 8.78. The predicted molar refractivity (Wildman–Crippen MR) is 51.3 cm³/mol. The largest absolute Gasteiger partial charge is 0.497 e. The first-order valence-corrected chi connectivity index (χ1v) is 4.14. The molecule has 1 radical (unpaired) electrons. The van der Waals surface area contributed by atoms with E-state index in [0.29, 0.717) is 6.42 Å². The van der Waals surface area contributed by atoms with Gasteiger partial charge in [-0.15, -0.1) is 0 Å². The number of rotatable bonds is 3. The Kier molecular flexibility index (Phi) is 3.33. The molecular formula is C11H12NO. The Bertz CT molecular complexity index is 297. The molecule has 0 fully saturated rings. The van der Waals surface area contributed by atoms with Crippen molar-refractivity contribution in [2.75, 3.05) is 7.11 Å². The van der Waals surface area contributed by atoms with Gasteiger partial charge in [0.1, 0.15) is 5.75 Å². The van der Waals surface area contributed by atoms with Gasteiger partial charge in [0.2, 0.25) is 0 Å². The van der Waals surface area contributed by atoms with Crippen molar-refractivity contribution in [1.29, 1.82) is 5.26 Å². The summed E-state index contributed by atoms with van der Waals surface area (Å²) in [6.07, 6.45) is 0.600. The fraction of sp³-hybridized carbons (Fsp3) is 0.273. The Morgan fingerprint density at radius 3 is 2.46 bits per heavy atom. The summed E-state index contributed by atoms with van der Waals surface area (Å²) in [5.41, 5.74) is 0.998. The van der Waals surface area contributed by atoms with E-state index in [-0.39, 0.29) is 5.92 Å². The van der Waals surface area contributed by atoms with Gasteiger partial charge in [0.15, 0.2) is 0 Å². The smallest absolute Gasteiger partial charge is 0.118 e. The van der Waals surface area contributed by atoms with Crippen LogP contribution in [-0.2, 0) is 0 Å². The Balaban J connectivity index is 2.86. The quantitative estimate of drug-likeness (QED) is 0.705. The fourth-order valence-electron chi connectivity index (χ4n) is 1.14. The minimum atomic E-state index is -0.106. The van der Waals surface area contributed by atoms with Gasteiger partial charge >= 0.3 is 0 Å². The fourth-order valence-corrected chi connectivity index (χ4v) is 1.14. The average molecular weight is 174 g/mol. The van der Waals surface area contributed by atoms with Crippen molar-refractivity contribution in [3.05, 3.63) is 36.8 Å². The van der Waals surface area contributed by atoms with Crippen molar-refractivity contribution >= 4 is 0 Å². The molecule has 0 aliphatic heterocycles. The zero-order valence-corrected chi connectivity index (χ0v) is 7.66. The Morgan fingerprint density at radius 2 is 2.08 bits per heavy atom. The first-order chi connectivity index (χ1) is 6.31. The topological polar surface area (TPSA) is 33.0 Å². The van der Waals surface area contributed by atoms with Gasteiger partial charge in [-0.2, -0.15) is 5.26 Å². The third kappa shape index (κ3) is 2.22. The molecule has 1 unspecified atom stereocenters. The lowest BCUT2D eigenvalue weighted by Gasteiger charge is -2.06. The second-order valence-corrected chi connectivity index (χ2v) is 2.74. The summed E-state index contributed by atoms with van der Waals surface area (Å²) in [7, 11) is 1.62. The van der Waals surface area contributed by atoms with Crippen molar-refractivity contribution in [1.82, 2.24) is 0 Å². The van der Waals surface area contributed by atoms with E-state index in [1.54, 1.807) is 7.11 Å². The van der Waals surface area contributed by atoms with Crippen LogP contribution >= 0.6 is 0 Å². The monoisotopic (exact) mass is 174 g/mol. The molecular weight excluding hydrogens is 162 g/mol. The van der Waals surface area contributed by atoms with Gasteiger partial charge < -0.3 is 4.74 Å². The van der Waals surface area contributed by atoms with E-state index in [1.807, 2.05) is 24.3 Å². The minimum absolute atomic E-state index is 0.106. The van der Waals surface area contributed by atoms with Crippen LogP contribution in [-0.4, -0.2) is 7.11 Å². The van der Waals surface area contributed by atoms with E-state index < -0.39 is 0 Å². The van der Waals surface area contributed by atoms with Gasteiger partial charge in [-0.1, -0.05) is 19.1 Å². The van der Waals surface area contributed by atoms with E-state index in [1.165, 1.54) is 0 Å². The average Bonchev–Trinajstić information content (AvgIpc) is 2.21. The molecule has 1 aromatic rings. The molecule has 0 aromatic heterocycles. The van der Waals surface area contributed by atoms with Crippen molar-refractivity contribution in [2.24, 2.45) is 0 Å². The Morgan fingerprint density at radius 1 is 1.46 bits per heavy atom. The van der Waals surface area contributed by atoms with Gasteiger partial charge in [-0.05, 0) is 24.1 Å². The van der Waals surface area contributed by atoms with Gasteiger partial charge in [0.25, 0.3) is 0 Å². The molecule has 0 aliphatic rings. The number of hydrogen-bond acceptors (Lipinski definition) is 2. The summed E-state index contributed by atoms with van der Waals surface area (Å²) < 4.78 is 5.02. The molecule has 2 heteroatoms. The van der Waals surface area contributed by atoms with Crippen LogP contribution in [0.25, 0.3) is 0 Å². The van der Waals surface area contributed by atoms with Crippen LogP contribution in [0.2, 0.25) is 0 Å². The summed E-state index contributed by atoms with van der Waals surface area (Å²) in [4.78, 5) is 0. The lowest BCUT2D eigenvalue weighted by atomic mass is 9.98. The lowest BCUT2D eigenvalue weighted by Crippen LogP contribution is -1.93. The van der Waals surface area contributed by atoms with Gasteiger partial charge in [-0.3, -0.25) is 0 Å².